The molecular formula is C21H18BrN. The summed E-state index contributed by atoms with van der Waals surface area (Å²) in [6, 6.07) is 27.1. The van der Waals surface area contributed by atoms with Crippen molar-refractivity contribution in [3.63, 3.8) is 0 Å². The van der Waals surface area contributed by atoms with Gasteiger partial charge in [0.05, 0.1) is 11.4 Å². The van der Waals surface area contributed by atoms with Gasteiger partial charge in [0.15, 0.2) is 0 Å². The fourth-order valence-electron chi connectivity index (χ4n) is 2.52. The molecule has 0 saturated heterocycles. The SMILES string of the molecule is Cc1cc(Br)ccc1N=C(Cc1ccccc1)c1ccccc1. The highest BCUT2D eigenvalue weighted by molar-refractivity contribution is 9.10. The molecule has 0 aromatic heterocycles. The van der Waals surface area contributed by atoms with Gasteiger partial charge in [0, 0.05) is 10.9 Å². The van der Waals surface area contributed by atoms with Gasteiger partial charge in [-0.15, -0.1) is 0 Å². The molecule has 0 radical (unpaired) electrons. The Labute approximate surface area is 145 Å². The molecule has 0 amide bonds. The number of aliphatic imine (C=N–C) groups is 1. The van der Waals surface area contributed by atoms with E-state index < -0.39 is 0 Å². The zero-order chi connectivity index (χ0) is 16.1. The number of rotatable bonds is 4. The molecule has 114 valence electrons. The van der Waals surface area contributed by atoms with Crippen LogP contribution >= 0.6 is 15.9 Å². The van der Waals surface area contributed by atoms with E-state index in [0.29, 0.717) is 0 Å². The van der Waals surface area contributed by atoms with Crippen LogP contribution in [0.25, 0.3) is 0 Å². The molecule has 0 unspecified atom stereocenters. The minimum atomic E-state index is 0.820. The molecular weight excluding hydrogens is 346 g/mol. The van der Waals surface area contributed by atoms with Crippen LogP contribution in [0.4, 0.5) is 5.69 Å². The molecule has 0 atom stereocenters. The average molecular weight is 364 g/mol. The van der Waals surface area contributed by atoms with Gasteiger partial charge in [0.1, 0.15) is 0 Å². The molecule has 0 aliphatic heterocycles. The van der Waals surface area contributed by atoms with Crippen molar-refractivity contribution in [1.82, 2.24) is 0 Å². The largest absolute Gasteiger partial charge is 0.252 e. The third-order valence-electron chi connectivity index (χ3n) is 3.74. The van der Waals surface area contributed by atoms with E-state index >= 15 is 0 Å². The Morgan fingerprint density at radius 3 is 2.17 bits per heavy atom. The van der Waals surface area contributed by atoms with Crippen LogP contribution in [0.15, 0.2) is 88.3 Å². The number of hydrogen-bond donors (Lipinski definition) is 0. The summed E-state index contributed by atoms with van der Waals surface area (Å²) in [6.07, 6.45) is 0.820. The predicted octanol–water partition coefficient (Wildman–Crippen LogP) is 6.12. The van der Waals surface area contributed by atoms with Crippen LogP contribution in [-0.4, -0.2) is 5.71 Å². The molecule has 0 spiro atoms. The second kappa shape index (κ2) is 7.38. The first-order valence-electron chi connectivity index (χ1n) is 7.65. The van der Waals surface area contributed by atoms with Crippen LogP contribution in [-0.2, 0) is 6.42 Å². The summed E-state index contributed by atoms with van der Waals surface area (Å²) >= 11 is 3.51. The van der Waals surface area contributed by atoms with Crippen molar-refractivity contribution in [3.8, 4) is 0 Å². The van der Waals surface area contributed by atoms with Gasteiger partial charge in [-0.1, -0.05) is 76.6 Å². The normalized spacial score (nSPS) is 11.5. The number of benzene rings is 3. The Hall–Kier alpha value is -2.19. The molecule has 3 aromatic rings. The Bertz CT molecular complexity index is 808. The first-order chi connectivity index (χ1) is 11.2. The van der Waals surface area contributed by atoms with E-state index in [1.54, 1.807) is 0 Å². The molecule has 2 heteroatoms. The van der Waals surface area contributed by atoms with Gasteiger partial charge in [0.25, 0.3) is 0 Å². The Morgan fingerprint density at radius 2 is 1.52 bits per heavy atom. The first kappa shape index (κ1) is 15.7. The van der Waals surface area contributed by atoms with E-state index in [-0.39, 0.29) is 0 Å². The minimum absolute atomic E-state index is 0.820. The fraction of sp³-hybridized carbons (Fsp3) is 0.0952. The van der Waals surface area contributed by atoms with E-state index in [4.69, 9.17) is 4.99 Å². The molecule has 0 heterocycles. The molecule has 3 rings (SSSR count). The average Bonchev–Trinajstić information content (AvgIpc) is 2.58. The van der Waals surface area contributed by atoms with E-state index in [2.05, 4.69) is 83.5 Å². The highest BCUT2D eigenvalue weighted by atomic mass is 79.9. The molecule has 0 N–H and O–H groups in total. The van der Waals surface area contributed by atoms with Crippen LogP contribution in [0.1, 0.15) is 16.7 Å². The molecule has 0 aliphatic rings. The molecule has 0 aliphatic carbocycles. The monoisotopic (exact) mass is 363 g/mol. The summed E-state index contributed by atoms with van der Waals surface area (Å²) in [5.74, 6) is 0. The Balaban J connectivity index is 2.02. The van der Waals surface area contributed by atoms with Gasteiger partial charge >= 0.3 is 0 Å². The smallest absolute Gasteiger partial charge is 0.0663 e. The highest BCUT2D eigenvalue weighted by Gasteiger charge is 2.07. The third-order valence-corrected chi connectivity index (χ3v) is 4.23. The number of aryl methyl sites for hydroxylation is 1. The second-order valence-corrected chi connectivity index (χ2v) is 6.43. The zero-order valence-electron chi connectivity index (χ0n) is 13.0. The highest BCUT2D eigenvalue weighted by Crippen LogP contribution is 2.24. The fourth-order valence-corrected chi connectivity index (χ4v) is 2.99. The van der Waals surface area contributed by atoms with E-state index in [1.165, 1.54) is 16.7 Å². The maximum Gasteiger partial charge on any atom is 0.0663 e. The summed E-state index contributed by atoms with van der Waals surface area (Å²) in [4.78, 5) is 4.96. The summed E-state index contributed by atoms with van der Waals surface area (Å²) in [7, 11) is 0. The van der Waals surface area contributed by atoms with E-state index in [0.717, 1.165) is 22.3 Å². The van der Waals surface area contributed by atoms with Gasteiger partial charge in [-0.3, -0.25) is 4.99 Å². The van der Waals surface area contributed by atoms with Crippen molar-refractivity contribution in [2.24, 2.45) is 4.99 Å². The Morgan fingerprint density at radius 1 is 0.870 bits per heavy atom. The van der Waals surface area contributed by atoms with Crippen LogP contribution in [0.2, 0.25) is 0 Å². The topological polar surface area (TPSA) is 12.4 Å². The lowest BCUT2D eigenvalue weighted by Crippen LogP contribution is -2.05. The quantitative estimate of drug-likeness (QED) is 0.495. The molecule has 0 saturated carbocycles. The summed E-state index contributed by atoms with van der Waals surface area (Å²) in [5.41, 5.74) is 5.70. The molecule has 23 heavy (non-hydrogen) atoms. The van der Waals surface area contributed by atoms with Crippen LogP contribution < -0.4 is 0 Å². The van der Waals surface area contributed by atoms with Gasteiger partial charge in [-0.25, -0.2) is 0 Å². The minimum Gasteiger partial charge on any atom is -0.252 e. The maximum atomic E-state index is 4.96. The standard InChI is InChI=1S/C21H18BrN/c1-16-14-19(22)12-13-20(16)23-21(18-10-6-3-7-11-18)15-17-8-4-2-5-9-17/h2-14H,15H2,1H3. The van der Waals surface area contributed by atoms with Gasteiger partial charge in [-0.05, 0) is 41.8 Å². The molecule has 3 aromatic carbocycles. The third kappa shape index (κ3) is 4.17. The van der Waals surface area contributed by atoms with Crippen molar-refractivity contribution in [2.45, 2.75) is 13.3 Å². The number of nitrogens with zero attached hydrogens (tertiary/aromatic N) is 1. The first-order valence-corrected chi connectivity index (χ1v) is 8.45. The number of halogens is 1. The molecule has 1 nitrogen and oxygen atoms in total. The van der Waals surface area contributed by atoms with Crippen molar-refractivity contribution in [2.75, 3.05) is 0 Å². The van der Waals surface area contributed by atoms with Crippen molar-refractivity contribution in [3.05, 3.63) is 100 Å². The lowest BCUT2D eigenvalue weighted by atomic mass is 10.0. The summed E-state index contributed by atoms with van der Waals surface area (Å²) in [5, 5.41) is 0. The zero-order valence-corrected chi connectivity index (χ0v) is 14.6. The van der Waals surface area contributed by atoms with Crippen molar-refractivity contribution in [1.29, 1.82) is 0 Å². The second-order valence-electron chi connectivity index (χ2n) is 5.52. The predicted molar refractivity (Wildman–Crippen MR) is 102 cm³/mol. The summed E-state index contributed by atoms with van der Waals surface area (Å²) in [6.45, 7) is 2.09. The van der Waals surface area contributed by atoms with Gasteiger partial charge < -0.3 is 0 Å². The lowest BCUT2D eigenvalue weighted by molar-refractivity contribution is 1.28. The van der Waals surface area contributed by atoms with Crippen molar-refractivity contribution < 1.29 is 0 Å². The van der Waals surface area contributed by atoms with Gasteiger partial charge in [0.2, 0.25) is 0 Å². The summed E-state index contributed by atoms with van der Waals surface area (Å²) < 4.78 is 1.08. The molecule has 0 bridgehead atoms. The Kier molecular flexibility index (Phi) is 5.04. The number of hydrogen-bond acceptors (Lipinski definition) is 1. The molecule has 0 fully saturated rings. The van der Waals surface area contributed by atoms with E-state index in [9.17, 15) is 0 Å². The van der Waals surface area contributed by atoms with Crippen LogP contribution in [0, 0.1) is 6.92 Å². The maximum absolute atomic E-state index is 4.96. The van der Waals surface area contributed by atoms with Crippen LogP contribution in [0.5, 0.6) is 0 Å². The van der Waals surface area contributed by atoms with Crippen LogP contribution in [0.3, 0.4) is 0 Å². The van der Waals surface area contributed by atoms with E-state index in [1.807, 2.05) is 18.2 Å². The van der Waals surface area contributed by atoms with Gasteiger partial charge in [-0.2, -0.15) is 0 Å². The van der Waals surface area contributed by atoms with Crippen molar-refractivity contribution >= 4 is 27.3 Å². The lowest BCUT2D eigenvalue weighted by Gasteiger charge is -2.09.